The van der Waals surface area contributed by atoms with E-state index in [4.69, 9.17) is 19.7 Å². The van der Waals surface area contributed by atoms with Crippen LogP contribution in [0.15, 0.2) is 0 Å². The number of hydrogen-bond donors (Lipinski definition) is 5. The summed E-state index contributed by atoms with van der Waals surface area (Å²) in [6.07, 6.45) is -5.25. The van der Waals surface area contributed by atoms with Crippen LogP contribution in [0.2, 0.25) is 0 Å². The van der Waals surface area contributed by atoms with E-state index in [0.29, 0.717) is 0 Å². The molecule has 1 aliphatic rings. The number of carboxylic acids is 1. The van der Waals surface area contributed by atoms with Gasteiger partial charge < -0.3 is 35.2 Å². The number of aliphatic hydroxyl groups excluding tert-OH is 3. The van der Waals surface area contributed by atoms with E-state index in [2.05, 4.69) is 5.32 Å². The molecule has 1 aliphatic heterocycles. The smallest absolute Gasteiger partial charge is 0.305 e. The topological polar surface area (TPSA) is 146 Å². The van der Waals surface area contributed by atoms with Crippen molar-refractivity contribution in [1.29, 1.82) is 0 Å². The number of carboxylic acid groups (broad SMARTS) is 1. The Hall–Kier alpha value is -1.26. The third-order valence-electron chi connectivity index (χ3n) is 2.87. The van der Waals surface area contributed by atoms with Gasteiger partial charge in [-0.15, -0.1) is 0 Å². The maximum Gasteiger partial charge on any atom is 0.305 e. The lowest BCUT2D eigenvalue weighted by atomic mass is 9.96. The van der Waals surface area contributed by atoms with Gasteiger partial charge in [0.15, 0.2) is 6.29 Å². The van der Waals surface area contributed by atoms with Gasteiger partial charge in [0.2, 0.25) is 5.91 Å². The van der Waals surface area contributed by atoms with E-state index in [1.807, 2.05) is 0 Å². The van der Waals surface area contributed by atoms with Gasteiger partial charge in [0.25, 0.3) is 0 Å². The minimum atomic E-state index is -1.48. The fourth-order valence-corrected chi connectivity index (χ4v) is 1.95. The van der Waals surface area contributed by atoms with E-state index in [9.17, 15) is 19.8 Å². The molecule has 1 saturated heterocycles. The van der Waals surface area contributed by atoms with Gasteiger partial charge in [0.05, 0.1) is 19.6 Å². The lowest BCUT2D eigenvalue weighted by molar-refractivity contribution is -0.262. The van der Waals surface area contributed by atoms with Crippen LogP contribution in [0, 0.1) is 0 Å². The number of nitrogens with one attached hydrogen (secondary N) is 1. The van der Waals surface area contributed by atoms with Gasteiger partial charge in [0.1, 0.15) is 24.4 Å². The molecule has 1 fully saturated rings. The highest BCUT2D eigenvalue weighted by Crippen LogP contribution is 2.22. The SMILES string of the molecule is CC(=O)N[C@@H]1[C@H](OCCC(=O)O)[C@H](O)[C@H](CO)O[C@@H]1O. The summed E-state index contributed by atoms with van der Waals surface area (Å²) in [5.74, 6) is -1.55. The Balaban J connectivity index is 2.76. The Kier molecular flexibility index (Phi) is 6.30. The maximum absolute atomic E-state index is 11.1. The molecule has 1 heterocycles. The van der Waals surface area contributed by atoms with Crippen LogP contribution in [0.1, 0.15) is 13.3 Å². The summed E-state index contributed by atoms with van der Waals surface area (Å²) < 4.78 is 10.2. The first kappa shape index (κ1) is 16.8. The summed E-state index contributed by atoms with van der Waals surface area (Å²) in [6, 6.07) is -1.06. The molecule has 0 aromatic heterocycles. The molecular weight excluding hydrogens is 274 g/mol. The molecule has 1 amide bonds. The normalized spacial score (nSPS) is 33.7. The van der Waals surface area contributed by atoms with Crippen molar-refractivity contribution >= 4 is 11.9 Å². The minimum Gasteiger partial charge on any atom is -0.481 e. The van der Waals surface area contributed by atoms with Gasteiger partial charge in [0, 0.05) is 6.92 Å². The molecule has 0 aliphatic carbocycles. The summed E-state index contributed by atoms with van der Waals surface area (Å²) in [5.41, 5.74) is 0. The van der Waals surface area contributed by atoms with Gasteiger partial charge in [-0.3, -0.25) is 9.59 Å². The molecule has 0 unspecified atom stereocenters. The highest BCUT2D eigenvalue weighted by atomic mass is 16.6. The average molecular weight is 293 g/mol. The second-order valence-electron chi connectivity index (χ2n) is 4.44. The zero-order valence-electron chi connectivity index (χ0n) is 10.9. The number of rotatable bonds is 6. The summed E-state index contributed by atoms with van der Waals surface area (Å²) in [7, 11) is 0. The van der Waals surface area contributed by atoms with Crippen LogP contribution >= 0.6 is 0 Å². The lowest BCUT2D eigenvalue weighted by Gasteiger charge is -2.42. The molecule has 0 aromatic carbocycles. The van der Waals surface area contributed by atoms with E-state index in [0.717, 1.165) is 0 Å². The Labute approximate surface area is 115 Å². The first-order chi connectivity index (χ1) is 9.36. The van der Waals surface area contributed by atoms with Crippen molar-refractivity contribution in [3.05, 3.63) is 0 Å². The summed E-state index contributed by atoms with van der Waals surface area (Å²) >= 11 is 0. The van der Waals surface area contributed by atoms with Crippen LogP contribution in [-0.2, 0) is 19.1 Å². The largest absolute Gasteiger partial charge is 0.481 e. The highest BCUT2D eigenvalue weighted by molar-refractivity contribution is 5.73. The summed E-state index contributed by atoms with van der Waals surface area (Å²) in [5, 5.41) is 39.7. The van der Waals surface area contributed by atoms with E-state index in [1.54, 1.807) is 0 Å². The first-order valence-corrected chi connectivity index (χ1v) is 6.09. The van der Waals surface area contributed by atoms with Crippen molar-refractivity contribution in [3.8, 4) is 0 Å². The standard InChI is InChI=1S/C11H19NO8/c1-5(14)12-8-10(19-3-2-7(15)16)9(17)6(4-13)20-11(8)18/h6,8-11,13,17-18H,2-4H2,1H3,(H,12,14)(H,15,16)/t6-,8+,9+,10-,11-/m0/s1. The van der Waals surface area contributed by atoms with E-state index in [-0.39, 0.29) is 13.0 Å². The maximum atomic E-state index is 11.1. The van der Waals surface area contributed by atoms with Crippen LogP contribution in [0.5, 0.6) is 0 Å². The Morgan fingerprint density at radius 2 is 2.00 bits per heavy atom. The molecule has 116 valence electrons. The van der Waals surface area contributed by atoms with Crippen LogP contribution in [0.4, 0.5) is 0 Å². The third-order valence-corrected chi connectivity index (χ3v) is 2.87. The van der Waals surface area contributed by atoms with Crippen molar-refractivity contribution in [2.75, 3.05) is 13.2 Å². The molecule has 5 atom stereocenters. The average Bonchev–Trinajstić information content (AvgIpc) is 2.36. The van der Waals surface area contributed by atoms with Crippen LogP contribution in [0.25, 0.3) is 0 Å². The predicted octanol–water partition coefficient (Wildman–Crippen LogP) is -2.58. The van der Waals surface area contributed by atoms with Gasteiger partial charge in [-0.2, -0.15) is 0 Å². The van der Waals surface area contributed by atoms with Crippen molar-refractivity contribution < 1.29 is 39.5 Å². The summed E-state index contributed by atoms with van der Waals surface area (Å²) in [4.78, 5) is 21.5. The minimum absolute atomic E-state index is 0.210. The van der Waals surface area contributed by atoms with Crippen LogP contribution in [0.3, 0.4) is 0 Å². The molecule has 0 spiro atoms. The number of ether oxygens (including phenoxy) is 2. The van der Waals surface area contributed by atoms with Gasteiger partial charge in [-0.05, 0) is 0 Å². The second kappa shape index (κ2) is 7.50. The Bertz CT molecular complexity index is 349. The molecule has 5 N–H and O–H groups in total. The fourth-order valence-electron chi connectivity index (χ4n) is 1.95. The molecule has 9 nitrogen and oxygen atoms in total. The molecule has 9 heteroatoms. The van der Waals surface area contributed by atoms with Crippen molar-refractivity contribution in [1.82, 2.24) is 5.32 Å². The number of amides is 1. The van der Waals surface area contributed by atoms with Crippen LogP contribution in [-0.4, -0.2) is 76.2 Å². The lowest BCUT2D eigenvalue weighted by Crippen LogP contribution is -2.64. The number of carbonyl (C=O) groups excluding carboxylic acids is 1. The fraction of sp³-hybridized carbons (Fsp3) is 0.818. The van der Waals surface area contributed by atoms with Crippen molar-refractivity contribution in [3.63, 3.8) is 0 Å². The zero-order chi connectivity index (χ0) is 15.3. The molecule has 0 radical (unpaired) electrons. The van der Waals surface area contributed by atoms with Crippen molar-refractivity contribution in [2.24, 2.45) is 0 Å². The Morgan fingerprint density at radius 3 is 2.50 bits per heavy atom. The molecular formula is C11H19NO8. The molecule has 0 aromatic rings. The van der Waals surface area contributed by atoms with Gasteiger partial charge >= 0.3 is 5.97 Å². The number of aliphatic hydroxyl groups is 3. The van der Waals surface area contributed by atoms with Crippen LogP contribution < -0.4 is 5.32 Å². The summed E-state index contributed by atoms with van der Waals surface area (Å²) in [6.45, 7) is 0.452. The third kappa shape index (κ3) is 4.39. The zero-order valence-corrected chi connectivity index (χ0v) is 10.9. The highest BCUT2D eigenvalue weighted by Gasteiger charge is 2.45. The van der Waals surface area contributed by atoms with Crippen molar-refractivity contribution in [2.45, 2.75) is 44.0 Å². The molecule has 0 saturated carbocycles. The molecule has 20 heavy (non-hydrogen) atoms. The first-order valence-electron chi connectivity index (χ1n) is 6.09. The second-order valence-corrected chi connectivity index (χ2v) is 4.44. The molecule has 1 rings (SSSR count). The predicted molar refractivity (Wildman–Crippen MR) is 63.6 cm³/mol. The number of hydrogen-bond acceptors (Lipinski definition) is 7. The quantitative estimate of drug-likeness (QED) is 0.359. The molecule has 0 bridgehead atoms. The van der Waals surface area contributed by atoms with Gasteiger partial charge in [-0.1, -0.05) is 0 Å². The van der Waals surface area contributed by atoms with E-state index < -0.39 is 49.1 Å². The van der Waals surface area contributed by atoms with E-state index in [1.165, 1.54) is 6.92 Å². The van der Waals surface area contributed by atoms with Gasteiger partial charge in [-0.25, -0.2) is 0 Å². The Morgan fingerprint density at radius 1 is 1.35 bits per heavy atom. The number of aliphatic carboxylic acids is 1. The number of carbonyl (C=O) groups is 2. The monoisotopic (exact) mass is 293 g/mol. The van der Waals surface area contributed by atoms with E-state index >= 15 is 0 Å².